The molecule has 94 valence electrons. The molecule has 0 fully saturated rings. The molecule has 0 radical (unpaired) electrons. The van der Waals surface area contributed by atoms with E-state index in [1.54, 1.807) is 0 Å². The molecule has 2 aromatic rings. The minimum atomic E-state index is -0.593. The number of thiazole rings is 1. The second kappa shape index (κ2) is 5.49. The van der Waals surface area contributed by atoms with Crippen LogP contribution in [0.15, 0.2) is 34.1 Å². The largest absolute Gasteiger partial charge is 0.368 e. The van der Waals surface area contributed by atoms with Crippen molar-refractivity contribution in [2.75, 3.05) is 5.32 Å². The van der Waals surface area contributed by atoms with Gasteiger partial charge in [-0.15, -0.1) is 11.3 Å². The van der Waals surface area contributed by atoms with E-state index in [2.05, 4.69) is 26.2 Å². The molecule has 0 aliphatic heterocycles. The lowest BCUT2D eigenvalue weighted by Crippen LogP contribution is -2.27. The Balaban J connectivity index is 2.22. The van der Waals surface area contributed by atoms with Crippen LogP contribution in [0.25, 0.3) is 0 Å². The SMILES string of the molecule is Cc1csc(C(Nc2ccc(Br)cc2)C(N)=O)n1. The van der Waals surface area contributed by atoms with Gasteiger partial charge < -0.3 is 11.1 Å². The second-order valence-corrected chi connectivity index (χ2v) is 5.62. The zero-order valence-electron chi connectivity index (χ0n) is 9.68. The fourth-order valence-electron chi connectivity index (χ4n) is 1.47. The normalized spacial score (nSPS) is 12.1. The average molecular weight is 326 g/mol. The fraction of sp³-hybridized carbons (Fsp3) is 0.167. The van der Waals surface area contributed by atoms with Gasteiger partial charge in [-0.1, -0.05) is 15.9 Å². The standard InChI is InChI=1S/C12H12BrN3OS/c1-7-6-18-12(15-7)10(11(14)17)16-9-4-2-8(13)3-5-9/h2-6,10,16H,1H3,(H2,14,17). The molecule has 0 saturated heterocycles. The van der Waals surface area contributed by atoms with E-state index in [1.165, 1.54) is 11.3 Å². The van der Waals surface area contributed by atoms with Crippen molar-refractivity contribution in [3.8, 4) is 0 Å². The average Bonchev–Trinajstić information content (AvgIpc) is 2.74. The van der Waals surface area contributed by atoms with Gasteiger partial charge in [-0.3, -0.25) is 4.79 Å². The number of rotatable bonds is 4. The maximum absolute atomic E-state index is 11.5. The Bertz CT molecular complexity index is 553. The number of hydrogen-bond acceptors (Lipinski definition) is 4. The predicted molar refractivity (Wildman–Crippen MR) is 76.6 cm³/mol. The van der Waals surface area contributed by atoms with Gasteiger partial charge in [0.05, 0.1) is 0 Å². The number of aromatic nitrogens is 1. The molecule has 18 heavy (non-hydrogen) atoms. The smallest absolute Gasteiger partial charge is 0.247 e. The highest BCUT2D eigenvalue weighted by atomic mass is 79.9. The van der Waals surface area contributed by atoms with Crippen molar-refractivity contribution in [1.82, 2.24) is 4.98 Å². The summed E-state index contributed by atoms with van der Waals surface area (Å²) in [6, 6.07) is 6.95. The molecule has 1 unspecified atom stereocenters. The summed E-state index contributed by atoms with van der Waals surface area (Å²) < 4.78 is 0.980. The van der Waals surface area contributed by atoms with Crippen molar-refractivity contribution >= 4 is 38.9 Å². The van der Waals surface area contributed by atoms with Crippen LogP contribution in [0.3, 0.4) is 0 Å². The number of nitrogens with two attached hydrogens (primary N) is 1. The van der Waals surface area contributed by atoms with Gasteiger partial charge in [-0.2, -0.15) is 0 Å². The number of primary amides is 1. The van der Waals surface area contributed by atoms with Crippen molar-refractivity contribution < 1.29 is 4.79 Å². The third-order valence-corrected chi connectivity index (χ3v) is 3.88. The first kappa shape index (κ1) is 13.0. The van der Waals surface area contributed by atoms with Gasteiger partial charge in [-0.25, -0.2) is 4.98 Å². The molecule has 3 N–H and O–H groups in total. The van der Waals surface area contributed by atoms with Gasteiger partial charge in [0, 0.05) is 21.2 Å². The number of halogens is 1. The van der Waals surface area contributed by atoms with Crippen molar-refractivity contribution in [1.29, 1.82) is 0 Å². The maximum Gasteiger partial charge on any atom is 0.247 e. The minimum Gasteiger partial charge on any atom is -0.368 e. The summed E-state index contributed by atoms with van der Waals surface area (Å²) in [7, 11) is 0. The Labute approximate surface area is 117 Å². The van der Waals surface area contributed by atoms with E-state index in [0.29, 0.717) is 5.01 Å². The first-order chi connectivity index (χ1) is 8.56. The van der Waals surface area contributed by atoms with E-state index < -0.39 is 11.9 Å². The molecule has 1 amide bonds. The summed E-state index contributed by atoms with van der Waals surface area (Å²) in [6.07, 6.45) is 0. The quantitative estimate of drug-likeness (QED) is 0.908. The summed E-state index contributed by atoms with van der Waals surface area (Å²) in [5.74, 6) is -0.438. The first-order valence-electron chi connectivity index (χ1n) is 5.29. The molecule has 1 heterocycles. The van der Waals surface area contributed by atoms with Crippen molar-refractivity contribution in [3.05, 3.63) is 44.8 Å². The Hall–Kier alpha value is -1.40. The number of anilines is 1. The molecule has 0 aliphatic carbocycles. The number of nitrogens with one attached hydrogen (secondary N) is 1. The van der Waals surface area contributed by atoms with Crippen LogP contribution in [0.4, 0.5) is 5.69 Å². The maximum atomic E-state index is 11.5. The fourth-order valence-corrected chi connectivity index (χ4v) is 2.59. The van der Waals surface area contributed by atoms with E-state index in [9.17, 15) is 4.79 Å². The molecule has 4 nitrogen and oxygen atoms in total. The molecule has 0 spiro atoms. The van der Waals surface area contributed by atoms with Crippen LogP contribution in [0, 0.1) is 6.92 Å². The van der Waals surface area contributed by atoms with Gasteiger partial charge in [0.15, 0.2) is 6.04 Å². The number of carbonyl (C=O) groups excluding carboxylic acids is 1. The highest BCUT2D eigenvalue weighted by Crippen LogP contribution is 2.23. The third kappa shape index (κ3) is 3.08. The summed E-state index contributed by atoms with van der Waals surface area (Å²) in [5, 5.41) is 5.67. The summed E-state index contributed by atoms with van der Waals surface area (Å²) in [4.78, 5) is 15.8. The van der Waals surface area contributed by atoms with Crippen LogP contribution in [0.1, 0.15) is 16.7 Å². The summed E-state index contributed by atoms with van der Waals surface area (Å²) in [6.45, 7) is 1.89. The highest BCUT2D eigenvalue weighted by Gasteiger charge is 2.20. The zero-order chi connectivity index (χ0) is 13.1. The van der Waals surface area contributed by atoms with Crippen molar-refractivity contribution in [2.24, 2.45) is 5.73 Å². The van der Waals surface area contributed by atoms with E-state index in [1.807, 2.05) is 36.6 Å². The van der Waals surface area contributed by atoms with Gasteiger partial charge in [0.25, 0.3) is 0 Å². The van der Waals surface area contributed by atoms with Crippen molar-refractivity contribution in [3.63, 3.8) is 0 Å². The third-order valence-electron chi connectivity index (χ3n) is 2.32. The van der Waals surface area contributed by atoms with Crippen LogP contribution >= 0.6 is 27.3 Å². The summed E-state index contributed by atoms with van der Waals surface area (Å²) >= 11 is 4.78. The van der Waals surface area contributed by atoms with Crippen LogP contribution in [-0.2, 0) is 4.79 Å². The van der Waals surface area contributed by atoms with E-state index in [0.717, 1.165) is 15.9 Å². The number of nitrogens with zero attached hydrogens (tertiary/aromatic N) is 1. The number of amides is 1. The summed E-state index contributed by atoms with van der Waals surface area (Å²) in [5.41, 5.74) is 7.13. The Morgan fingerprint density at radius 2 is 2.11 bits per heavy atom. The molecule has 0 saturated carbocycles. The van der Waals surface area contributed by atoms with E-state index >= 15 is 0 Å². The zero-order valence-corrected chi connectivity index (χ0v) is 12.1. The number of hydrogen-bond donors (Lipinski definition) is 2. The predicted octanol–water partition coefficient (Wildman–Crippen LogP) is 2.85. The number of aryl methyl sites for hydroxylation is 1. The van der Waals surface area contributed by atoms with Crippen LogP contribution in [0.5, 0.6) is 0 Å². The first-order valence-corrected chi connectivity index (χ1v) is 6.97. The Morgan fingerprint density at radius 1 is 1.44 bits per heavy atom. The minimum absolute atomic E-state index is 0.438. The van der Waals surface area contributed by atoms with Gasteiger partial charge in [-0.05, 0) is 31.2 Å². The molecule has 6 heteroatoms. The highest BCUT2D eigenvalue weighted by molar-refractivity contribution is 9.10. The monoisotopic (exact) mass is 325 g/mol. The van der Waals surface area contributed by atoms with E-state index in [4.69, 9.17) is 5.73 Å². The van der Waals surface area contributed by atoms with Gasteiger partial charge >= 0.3 is 0 Å². The lowest BCUT2D eigenvalue weighted by Gasteiger charge is -2.14. The molecule has 1 atom stereocenters. The number of carbonyl (C=O) groups is 1. The lowest BCUT2D eigenvalue weighted by molar-refractivity contribution is -0.118. The van der Waals surface area contributed by atoms with Crippen LogP contribution in [0.2, 0.25) is 0 Å². The lowest BCUT2D eigenvalue weighted by atomic mass is 10.2. The van der Waals surface area contributed by atoms with Crippen LogP contribution in [-0.4, -0.2) is 10.9 Å². The molecule has 2 rings (SSSR count). The van der Waals surface area contributed by atoms with E-state index in [-0.39, 0.29) is 0 Å². The number of benzene rings is 1. The second-order valence-electron chi connectivity index (χ2n) is 3.81. The molecule has 0 bridgehead atoms. The Morgan fingerprint density at radius 3 is 2.61 bits per heavy atom. The topological polar surface area (TPSA) is 68.0 Å². The Kier molecular flexibility index (Phi) is 3.98. The van der Waals surface area contributed by atoms with Gasteiger partial charge in [0.1, 0.15) is 5.01 Å². The van der Waals surface area contributed by atoms with Crippen molar-refractivity contribution in [2.45, 2.75) is 13.0 Å². The van der Waals surface area contributed by atoms with Crippen LogP contribution < -0.4 is 11.1 Å². The van der Waals surface area contributed by atoms with Gasteiger partial charge in [0.2, 0.25) is 5.91 Å². The molecule has 0 aliphatic rings. The molecule has 1 aromatic heterocycles. The molecular weight excluding hydrogens is 314 g/mol. The molecular formula is C12H12BrN3OS. The molecule has 1 aromatic carbocycles.